The number of aryl methyl sites for hydroxylation is 1. The second kappa shape index (κ2) is 5.71. The molecule has 3 heterocycles. The summed E-state index contributed by atoms with van der Waals surface area (Å²) < 4.78 is 42.3. The van der Waals surface area contributed by atoms with E-state index in [0.29, 0.717) is 31.9 Å². The van der Waals surface area contributed by atoms with Crippen LogP contribution in [0.2, 0.25) is 0 Å². The van der Waals surface area contributed by atoms with Gasteiger partial charge < -0.3 is 9.80 Å². The zero-order chi connectivity index (χ0) is 15.7. The van der Waals surface area contributed by atoms with Gasteiger partial charge in [-0.25, -0.2) is 4.98 Å². The van der Waals surface area contributed by atoms with Crippen molar-refractivity contribution in [2.45, 2.75) is 13.1 Å². The standard InChI is InChI=1S/C13H14F3N5S/c1-9-18-12(22-19-9)21-6-4-20(5-7-21)10-2-3-17-11(8-10)13(14,15)16/h2-3,8H,4-7H2,1H3. The third kappa shape index (κ3) is 3.13. The molecule has 9 heteroatoms. The van der Waals surface area contributed by atoms with Gasteiger partial charge in [-0.3, -0.25) is 4.98 Å². The van der Waals surface area contributed by atoms with E-state index in [9.17, 15) is 13.2 Å². The first-order chi connectivity index (χ1) is 10.4. The molecule has 22 heavy (non-hydrogen) atoms. The van der Waals surface area contributed by atoms with E-state index in [0.717, 1.165) is 17.0 Å². The van der Waals surface area contributed by atoms with Crippen LogP contribution in [-0.2, 0) is 6.18 Å². The normalized spacial score (nSPS) is 16.2. The molecule has 0 saturated carbocycles. The van der Waals surface area contributed by atoms with Gasteiger partial charge in [0.15, 0.2) is 0 Å². The molecule has 0 aromatic carbocycles. The highest BCUT2D eigenvalue weighted by molar-refractivity contribution is 7.09. The van der Waals surface area contributed by atoms with Gasteiger partial charge in [0, 0.05) is 49.6 Å². The van der Waals surface area contributed by atoms with Crippen molar-refractivity contribution in [2.24, 2.45) is 0 Å². The molecule has 0 spiro atoms. The Labute approximate surface area is 129 Å². The van der Waals surface area contributed by atoms with Gasteiger partial charge in [0.05, 0.1) is 0 Å². The maximum absolute atomic E-state index is 12.7. The molecule has 1 fully saturated rings. The zero-order valence-electron chi connectivity index (χ0n) is 11.8. The van der Waals surface area contributed by atoms with Crippen LogP contribution in [0.1, 0.15) is 11.5 Å². The third-order valence-corrected chi connectivity index (χ3v) is 4.33. The second-order valence-electron chi connectivity index (χ2n) is 5.00. The number of alkyl halides is 3. The van der Waals surface area contributed by atoms with Crippen LogP contribution in [0.3, 0.4) is 0 Å². The second-order valence-corrected chi connectivity index (χ2v) is 5.73. The van der Waals surface area contributed by atoms with Crippen molar-refractivity contribution in [3.8, 4) is 0 Å². The Kier molecular flexibility index (Phi) is 3.90. The molecule has 2 aromatic heterocycles. The van der Waals surface area contributed by atoms with Crippen LogP contribution in [0.5, 0.6) is 0 Å². The Morgan fingerprint density at radius 3 is 2.41 bits per heavy atom. The first-order valence-electron chi connectivity index (χ1n) is 6.77. The number of nitrogens with zero attached hydrogens (tertiary/aromatic N) is 5. The van der Waals surface area contributed by atoms with Crippen LogP contribution in [0.15, 0.2) is 18.3 Å². The zero-order valence-corrected chi connectivity index (χ0v) is 12.7. The molecule has 0 bridgehead atoms. The van der Waals surface area contributed by atoms with E-state index in [4.69, 9.17) is 0 Å². The van der Waals surface area contributed by atoms with Crippen molar-refractivity contribution in [2.75, 3.05) is 36.0 Å². The smallest absolute Gasteiger partial charge is 0.368 e. The topological polar surface area (TPSA) is 45.2 Å². The Bertz CT molecular complexity index is 649. The molecule has 0 radical (unpaired) electrons. The number of aromatic nitrogens is 3. The number of anilines is 2. The quantitative estimate of drug-likeness (QED) is 0.847. The van der Waals surface area contributed by atoms with Gasteiger partial charge in [-0.15, -0.1) is 0 Å². The molecule has 0 unspecified atom stereocenters. The fourth-order valence-corrected chi connectivity index (χ4v) is 3.07. The van der Waals surface area contributed by atoms with Crippen molar-refractivity contribution >= 4 is 22.4 Å². The van der Waals surface area contributed by atoms with Gasteiger partial charge in [-0.05, 0) is 19.1 Å². The molecular formula is C13H14F3N5S. The number of halogens is 3. The molecule has 0 atom stereocenters. The van der Waals surface area contributed by atoms with Crippen LogP contribution in [0.25, 0.3) is 0 Å². The first-order valence-corrected chi connectivity index (χ1v) is 7.54. The lowest BCUT2D eigenvalue weighted by Gasteiger charge is -2.35. The molecule has 2 aromatic rings. The summed E-state index contributed by atoms with van der Waals surface area (Å²) in [6, 6.07) is 2.71. The summed E-state index contributed by atoms with van der Waals surface area (Å²) in [5.41, 5.74) is -0.303. The fraction of sp³-hybridized carbons (Fsp3) is 0.462. The molecule has 1 aliphatic heterocycles. The summed E-state index contributed by atoms with van der Waals surface area (Å²) >= 11 is 1.35. The maximum atomic E-state index is 12.7. The summed E-state index contributed by atoms with van der Waals surface area (Å²) in [4.78, 5) is 11.8. The van der Waals surface area contributed by atoms with Gasteiger partial charge >= 0.3 is 6.18 Å². The molecule has 3 rings (SSSR count). The van der Waals surface area contributed by atoms with Gasteiger partial charge in [0.2, 0.25) is 5.13 Å². The van der Waals surface area contributed by atoms with Crippen molar-refractivity contribution < 1.29 is 13.2 Å². The number of hydrogen-bond acceptors (Lipinski definition) is 6. The van der Waals surface area contributed by atoms with Crippen molar-refractivity contribution in [3.05, 3.63) is 29.8 Å². The lowest BCUT2D eigenvalue weighted by Crippen LogP contribution is -2.46. The minimum atomic E-state index is -4.41. The average Bonchev–Trinajstić information content (AvgIpc) is 2.93. The van der Waals surface area contributed by atoms with Gasteiger partial charge in [0.25, 0.3) is 0 Å². The van der Waals surface area contributed by atoms with E-state index >= 15 is 0 Å². The van der Waals surface area contributed by atoms with Gasteiger partial charge in [-0.1, -0.05) is 0 Å². The Morgan fingerprint density at radius 2 is 1.82 bits per heavy atom. The van der Waals surface area contributed by atoms with Crippen LogP contribution in [0.4, 0.5) is 24.0 Å². The highest BCUT2D eigenvalue weighted by Crippen LogP contribution is 2.30. The van der Waals surface area contributed by atoms with E-state index in [1.54, 1.807) is 6.07 Å². The van der Waals surface area contributed by atoms with E-state index in [1.807, 2.05) is 11.8 Å². The number of pyridine rings is 1. The lowest BCUT2D eigenvalue weighted by atomic mass is 10.2. The van der Waals surface area contributed by atoms with Gasteiger partial charge in [-0.2, -0.15) is 17.5 Å². The van der Waals surface area contributed by atoms with E-state index in [-0.39, 0.29) is 0 Å². The molecule has 0 amide bonds. The maximum Gasteiger partial charge on any atom is 0.433 e. The predicted octanol–water partition coefficient (Wildman–Crippen LogP) is 2.59. The minimum Gasteiger partial charge on any atom is -0.368 e. The number of hydrogen-bond donors (Lipinski definition) is 0. The molecule has 0 aliphatic carbocycles. The molecule has 0 N–H and O–H groups in total. The molecular weight excluding hydrogens is 315 g/mol. The SMILES string of the molecule is Cc1nsc(N2CCN(c3ccnc(C(F)(F)F)c3)CC2)n1. The Balaban J connectivity index is 1.69. The van der Waals surface area contributed by atoms with Crippen LogP contribution in [0, 0.1) is 6.92 Å². The third-order valence-electron chi connectivity index (χ3n) is 3.47. The van der Waals surface area contributed by atoms with Crippen molar-refractivity contribution in [1.82, 2.24) is 14.3 Å². The van der Waals surface area contributed by atoms with Crippen molar-refractivity contribution in [3.63, 3.8) is 0 Å². The largest absolute Gasteiger partial charge is 0.433 e. The predicted molar refractivity (Wildman–Crippen MR) is 78.3 cm³/mol. The van der Waals surface area contributed by atoms with Crippen LogP contribution < -0.4 is 9.80 Å². The average molecular weight is 329 g/mol. The summed E-state index contributed by atoms with van der Waals surface area (Å²) in [5.74, 6) is 0.742. The molecule has 1 saturated heterocycles. The van der Waals surface area contributed by atoms with E-state index < -0.39 is 11.9 Å². The van der Waals surface area contributed by atoms with Crippen molar-refractivity contribution in [1.29, 1.82) is 0 Å². The molecule has 118 valence electrons. The summed E-state index contributed by atoms with van der Waals surface area (Å²) in [5, 5.41) is 0.864. The minimum absolute atomic E-state index is 0.551. The van der Waals surface area contributed by atoms with E-state index in [1.165, 1.54) is 17.7 Å². The van der Waals surface area contributed by atoms with E-state index in [2.05, 4.69) is 19.2 Å². The molecule has 1 aliphatic rings. The highest BCUT2D eigenvalue weighted by atomic mass is 32.1. The fourth-order valence-electron chi connectivity index (χ4n) is 2.34. The highest BCUT2D eigenvalue weighted by Gasteiger charge is 2.33. The first kappa shape index (κ1) is 15.0. The summed E-state index contributed by atoms with van der Waals surface area (Å²) in [7, 11) is 0. The van der Waals surface area contributed by atoms with Gasteiger partial charge in [0.1, 0.15) is 11.5 Å². The Hall–Kier alpha value is -1.90. The monoisotopic (exact) mass is 329 g/mol. The number of piperazine rings is 1. The summed E-state index contributed by atoms with van der Waals surface area (Å²) in [6.45, 7) is 4.53. The lowest BCUT2D eigenvalue weighted by molar-refractivity contribution is -0.141. The van der Waals surface area contributed by atoms with Crippen LogP contribution in [-0.4, -0.2) is 40.5 Å². The molecule has 5 nitrogen and oxygen atoms in total. The number of rotatable bonds is 2. The Morgan fingerprint density at radius 1 is 1.14 bits per heavy atom. The van der Waals surface area contributed by atoms with Crippen LogP contribution >= 0.6 is 11.5 Å². The summed E-state index contributed by atoms with van der Waals surface area (Å²) in [6.07, 6.45) is -3.21.